The van der Waals surface area contributed by atoms with Crippen molar-refractivity contribution >= 4 is 0 Å². The number of para-hydroxylation sites is 1. The zero-order chi connectivity index (χ0) is 20.3. The molecule has 3 nitrogen and oxygen atoms in total. The maximum Gasteiger partial charge on any atom is 0.122 e. The molecule has 0 aliphatic heterocycles. The van der Waals surface area contributed by atoms with Crippen LogP contribution in [0.2, 0.25) is 0 Å². The van der Waals surface area contributed by atoms with Gasteiger partial charge in [-0.2, -0.15) is 0 Å². The van der Waals surface area contributed by atoms with E-state index in [0.29, 0.717) is 11.8 Å². The fourth-order valence-electron chi connectivity index (χ4n) is 4.73. The van der Waals surface area contributed by atoms with Gasteiger partial charge in [-0.05, 0) is 74.2 Å². The molecule has 1 aliphatic rings. The Morgan fingerprint density at radius 2 is 1.83 bits per heavy atom. The van der Waals surface area contributed by atoms with Gasteiger partial charge < -0.3 is 10.1 Å². The first-order valence-corrected chi connectivity index (χ1v) is 11.6. The van der Waals surface area contributed by atoms with Crippen molar-refractivity contribution in [3.8, 4) is 5.75 Å². The number of hydrogen-bond acceptors (Lipinski definition) is 3. The lowest BCUT2D eigenvalue weighted by Gasteiger charge is -2.31. The van der Waals surface area contributed by atoms with Gasteiger partial charge in [-0.25, -0.2) is 0 Å². The van der Waals surface area contributed by atoms with Crippen LogP contribution in [0, 0.1) is 0 Å². The van der Waals surface area contributed by atoms with Crippen LogP contribution in [-0.2, 0) is 6.42 Å². The predicted molar refractivity (Wildman–Crippen MR) is 122 cm³/mol. The van der Waals surface area contributed by atoms with Gasteiger partial charge in [0.15, 0.2) is 0 Å². The molecule has 0 saturated carbocycles. The minimum Gasteiger partial charge on any atom is -0.496 e. The number of rotatable bonds is 12. The molecule has 29 heavy (non-hydrogen) atoms. The molecule has 0 radical (unpaired) electrons. The molecule has 1 unspecified atom stereocenters. The normalized spacial score (nSPS) is 18.4. The van der Waals surface area contributed by atoms with Gasteiger partial charge in [0.2, 0.25) is 0 Å². The monoisotopic (exact) mass is 394 g/mol. The highest BCUT2D eigenvalue weighted by Gasteiger charge is 2.27. The van der Waals surface area contributed by atoms with E-state index in [-0.39, 0.29) is 0 Å². The van der Waals surface area contributed by atoms with Crippen molar-refractivity contribution in [2.24, 2.45) is 0 Å². The summed E-state index contributed by atoms with van der Waals surface area (Å²) in [7, 11) is 1.76. The summed E-state index contributed by atoms with van der Waals surface area (Å²) >= 11 is 0. The molecule has 3 heteroatoms. The highest BCUT2D eigenvalue weighted by molar-refractivity contribution is 5.33. The molecule has 0 saturated heterocycles. The van der Waals surface area contributed by atoms with E-state index < -0.39 is 0 Å². The summed E-state index contributed by atoms with van der Waals surface area (Å²) in [6.07, 6.45) is 13.4. The highest BCUT2D eigenvalue weighted by Crippen LogP contribution is 2.39. The van der Waals surface area contributed by atoms with Gasteiger partial charge in [0.1, 0.15) is 5.75 Å². The number of aromatic nitrogens is 1. The SMILES string of the molecule is CCCNCC1CC[C@H](CCCCCCc2ccccc2OC)c2cccnc21. The van der Waals surface area contributed by atoms with Crippen LogP contribution in [-0.4, -0.2) is 25.2 Å². The van der Waals surface area contributed by atoms with Gasteiger partial charge in [-0.1, -0.05) is 50.5 Å². The van der Waals surface area contributed by atoms with E-state index in [2.05, 4.69) is 42.6 Å². The van der Waals surface area contributed by atoms with E-state index in [4.69, 9.17) is 9.72 Å². The van der Waals surface area contributed by atoms with E-state index in [0.717, 1.165) is 25.3 Å². The van der Waals surface area contributed by atoms with Crippen molar-refractivity contribution in [2.45, 2.75) is 76.5 Å². The fraction of sp³-hybridized carbons (Fsp3) is 0.577. The van der Waals surface area contributed by atoms with Crippen molar-refractivity contribution in [2.75, 3.05) is 20.2 Å². The molecule has 158 valence electrons. The Balaban J connectivity index is 1.42. The van der Waals surface area contributed by atoms with Crippen molar-refractivity contribution in [3.05, 3.63) is 59.4 Å². The van der Waals surface area contributed by atoms with Gasteiger partial charge >= 0.3 is 0 Å². The molecular weight excluding hydrogens is 356 g/mol. The molecular formula is C26H38N2O. The Hall–Kier alpha value is -1.87. The first kappa shape index (κ1) is 21.8. The lowest BCUT2D eigenvalue weighted by molar-refractivity contribution is 0.408. The highest BCUT2D eigenvalue weighted by atomic mass is 16.5. The second-order valence-corrected chi connectivity index (χ2v) is 8.42. The molecule has 0 fully saturated rings. The number of hydrogen-bond donors (Lipinski definition) is 1. The topological polar surface area (TPSA) is 34.1 Å². The zero-order valence-electron chi connectivity index (χ0n) is 18.3. The number of fused-ring (bicyclic) bond motifs is 1. The average Bonchev–Trinajstić information content (AvgIpc) is 2.77. The van der Waals surface area contributed by atoms with Crippen molar-refractivity contribution in [1.29, 1.82) is 0 Å². The number of pyridine rings is 1. The van der Waals surface area contributed by atoms with E-state index >= 15 is 0 Å². The van der Waals surface area contributed by atoms with Crippen LogP contribution in [0.25, 0.3) is 0 Å². The van der Waals surface area contributed by atoms with Gasteiger partial charge in [-0.15, -0.1) is 0 Å². The summed E-state index contributed by atoms with van der Waals surface area (Å²) in [4.78, 5) is 4.79. The minimum atomic E-state index is 0.592. The Labute approximate surface area is 177 Å². The maximum atomic E-state index is 5.47. The Bertz CT molecular complexity index is 730. The second-order valence-electron chi connectivity index (χ2n) is 8.42. The van der Waals surface area contributed by atoms with Crippen molar-refractivity contribution in [1.82, 2.24) is 10.3 Å². The molecule has 1 heterocycles. The zero-order valence-corrected chi connectivity index (χ0v) is 18.3. The molecule has 0 spiro atoms. The molecule has 1 aromatic heterocycles. The Morgan fingerprint density at radius 1 is 1.00 bits per heavy atom. The standard InChI is InChI=1S/C26H38N2O/c1-3-18-27-20-23-17-16-21(24-14-10-19-28-26(23)24)11-6-4-5-7-12-22-13-8-9-15-25(22)29-2/h8-10,13-15,19,21,23,27H,3-7,11-12,16-18,20H2,1-2H3/t21-,23?/m0/s1. The van der Waals surface area contributed by atoms with Crippen LogP contribution in [0.1, 0.15) is 86.9 Å². The van der Waals surface area contributed by atoms with Gasteiger partial charge in [0.05, 0.1) is 7.11 Å². The Morgan fingerprint density at radius 3 is 2.69 bits per heavy atom. The summed E-state index contributed by atoms with van der Waals surface area (Å²) in [6.45, 7) is 4.41. The van der Waals surface area contributed by atoms with E-state index in [1.54, 1.807) is 7.11 Å². The second kappa shape index (κ2) is 12.0. The molecule has 1 N–H and O–H groups in total. The van der Waals surface area contributed by atoms with E-state index in [1.807, 2.05) is 12.3 Å². The molecule has 1 aromatic carbocycles. The lowest BCUT2D eigenvalue weighted by atomic mass is 9.77. The number of aryl methyl sites for hydroxylation is 1. The molecule has 2 aromatic rings. The fourth-order valence-corrected chi connectivity index (χ4v) is 4.73. The molecule has 0 bridgehead atoms. The first-order valence-electron chi connectivity index (χ1n) is 11.6. The maximum absolute atomic E-state index is 5.47. The van der Waals surface area contributed by atoms with Gasteiger partial charge in [-0.3, -0.25) is 4.98 Å². The average molecular weight is 395 g/mol. The van der Waals surface area contributed by atoms with Crippen molar-refractivity contribution in [3.63, 3.8) is 0 Å². The van der Waals surface area contributed by atoms with Gasteiger partial charge in [0.25, 0.3) is 0 Å². The third-order valence-corrected chi connectivity index (χ3v) is 6.32. The largest absolute Gasteiger partial charge is 0.496 e. The summed E-state index contributed by atoms with van der Waals surface area (Å²) in [5, 5.41) is 3.60. The third-order valence-electron chi connectivity index (χ3n) is 6.32. The molecule has 3 rings (SSSR count). The summed E-state index contributed by atoms with van der Waals surface area (Å²) in [6, 6.07) is 12.9. The molecule has 0 amide bonds. The van der Waals surface area contributed by atoms with E-state index in [9.17, 15) is 0 Å². The number of nitrogens with one attached hydrogen (secondary N) is 1. The predicted octanol–water partition coefficient (Wildman–Crippen LogP) is 6.24. The Kier molecular flexibility index (Phi) is 9.01. The van der Waals surface area contributed by atoms with Crippen LogP contribution in [0.5, 0.6) is 5.75 Å². The summed E-state index contributed by atoms with van der Waals surface area (Å²) in [5.41, 5.74) is 4.23. The van der Waals surface area contributed by atoms with Gasteiger partial charge in [0, 0.05) is 24.4 Å². The van der Waals surface area contributed by atoms with Crippen LogP contribution < -0.4 is 10.1 Å². The molecule has 2 atom stereocenters. The quantitative estimate of drug-likeness (QED) is 0.432. The summed E-state index contributed by atoms with van der Waals surface area (Å²) < 4.78 is 5.47. The lowest BCUT2D eigenvalue weighted by Crippen LogP contribution is -2.27. The minimum absolute atomic E-state index is 0.592. The van der Waals surface area contributed by atoms with Crippen LogP contribution in [0.3, 0.4) is 0 Å². The number of nitrogens with zero attached hydrogens (tertiary/aromatic N) is 1. The number of benzene rings is 1. The number of ether oxygens (including phenoxy) is 1. The van der Waals surface area contributed by atoms with Crippen LogP contribution in [0.15, 0.2) is 42.6 Å². The molecule has 1 aliphatic carbocycles. The van der Waals surface area contributed by atoms with E-state index in [1.165, 1.54) is 68.2 Å². The number of unbranched alkanes of at least 4 members (excludes halogenated alkanes) is 3. The van der Waals surface area contributed by atoms with Crippen molar-refractivity contribution < 1.29 is 4.74 Å². The number of methoxy groups -OCH3 is 1. The third kappa shape index (κ3) is 6.30. The smallest absolute Gasteiger partial charge is 0.122 e. The van der Waals surface area contributed by atoms with Crippen LogP contribution in [0.4, 0.5) is 0 Å². The summed E-state index contributed by atoms with van der Waals surface area (Å²) in [5.74, 6) is 2.33. The first-order chi connectivity index (χ1) is 14.3. The van der Waals surface area contributed by atoms with Crippen LogP contribution >= 0.6 is 0 Å².